The van der Waals surface area contributed by atoms with E-state index in [9.17, 15) is 5.11 Å². The molecule has 0 fully saturated rings. The Balaban J connectivity index is 1.26. The largest absolute Gasteiger partial charge is 0.507 e. The van der Waals surface area contributed by atoms with Gasteiger partial charge in [-0.05, 0) is 65.9 Å². The Morgan fingerprint density at radius 2 is 1.97 bits per heavy atom. The molecule has 1 aliphatic heterocycles. The number of aromatic hydroxyl groups is 1. The molecule has 6 heteroatoms. The van der Waals surface area contributed by atoms with Gasteiger partial charge in [-0.1, -0.05) is 48.2 Å². The van der Waals surface area contributed by atoms with Crippen molar-refractivity contribution in [2.24, 2.45) is 0 Å². The zero-order valence-corrected chi connectivity index (χ0v) is 19.1. The molecule has 166 valence electrons. The minimum atomic E-state index is 0.0229. The van der Waals surface area contributed by atoms with Crippen molar-refractivity contribution in [3.8, 4) is 34.1 Å². The molecule has 5 nitrogen and oxygen atoms in total. The van der Waals surface area contributed by atoms with Gasteiger partial charge in [0.1, 0.15) is 17.6 Å². The number of ether oxygens (including phenoxy) is 1. The summed E-state index contributed by atoms with van der Waals surface area (Å²) in [7, 11) is 0. The number of rotatable bonds is 7. The summed E-state index contributed by atoms with van der Waals surface area (Å²) in [6.07, 6.45) is 3.45. The van der Waals surface area contributed by atoms with E-state index in [4.69, 9.17) is 9.15 Å². The van der Waals surface area contributed by atoms with Crippen molar-refractivity contribution in [1.29, 1.82) is 0 Å². The molecule has 0 bridgehead atoms. The van der Waals surface area contributed by atoms with Gasteiger partial charge in [0, 0.05) is 23.3 Å². The molecule has 1 aliphatic rings. The highest BCUT2D eigenvalue weighted by molar-refractivity contribution is 7.99. The third kappa shape index (κ3) is 4.52. The van der Waals surface area contributed by atoms with E-state index < -0.39 is 0 Å². The summed E-state index contributed by atoms with van der Waals surface area (Å²) in [5.41, 5.74) is 6.11. The number of phenols is 1. The molecule has 0 amide bonds. The van der Waals surface area contributed by atoms with Crippen molar-refractivity contribution < 1.29 is 14.3 Å². The number of phenolic OH excluding ortho intramolecular Hbond substituents is 1. The van der Waals surface area contributed by atoms with E-state index in [1.54, 1.807) is 6.07 Å². The summed E-state index contributed by atoms with van der Waals surface area (Å²) in [6.45, 7) is 5.83. The third-order valence-electron chi connectivity index (χ3n) is 5.73. The van der Waals surface area contributed by atoms with E-state index in [2.05, 4.69) is 22.8 Å². The molecule has 0 spiro atoms. The van der Waals surface area contributed by atoms with Crippen LogP contribution in [-0.4, -0.2) is 27.2 Å². The van der Waals surface area contributed by atoms with Crippen molar-refractivity contribution in [2.45, 2.75) is 31.1 Å². The maximum Gasteiger partial charge on any atom is 0.276 e. The minimum Gasteiger partial charge on any atom is -0.507 e. The molecule has 4 aromatic rings. The van der Waals surface area contributed by atoms with E-state index in [0.717, 1.165) is 52.0 Å². The van der Waals surface area contributed by atoms with Crippen molar-refractivity contribution >= 4 is 11.8 Å². The summed E-state index contributed by atoms with van der Waals surface area (Å²) in [6, 6.07) is 19.7. The Morgan fingerprint density at radius 1 is 1.09 bits per heavy atom. The van der Waals surface area contributed by atoms with Gasteiger partial charge < -0.3 is 14.3 Å². The molecule has 3 aromatic carbocycles. The Morgan fingerprint density at radius 3 is 2.82 bits per heavy atom. The highest BCUT2D eigenvalue weighted by Crippen LogP contribution is 2.37. The van der Waals surface area contributed by atoms with Crippen LogP contribution in [0.5, 0.6) is 11.5 Å². The average Bonchev–Trinajstić information content (AvgIpc) is 3.45. The van der Waals surface area contributed by atoms with Gasteiger partial charge >= 0.3 is 0 Å². The number of fused-ring (bicyclic) bond motifs is 1. The molecule has 0 saturated carbocycles. The first-order valence-electron chi connectivity index (χ1n) is 10.9. The van der Waals surface area contributed by atoms with Crippen molar-refractivity contribution in [3.05, 3.63) is 90.0 Å². The summed E-state index contributed by atoms with van der Waals surface area (Å²) in [5.74, 6) is 2.40. The number of hydrogen-bond acceptors (Lipinski definition) is 6. The molecule has 1 N–H and O–H groups in total. The molecule has 2 heterocycles. The van der Waals surface area contributed by atoms with Gasteiger partial charge in [0.15, 0.2) is 0 Å². The molecule has 0 radical (unpaired) electrons. The highest BCUT2D eigenvalue weighted by Gasteiger charge is 2.25. The van der Waals surface area contributed by atoms with Crippen LogP contribution < -0.4 is 4.74 Å². The van der Waals surface area contributed by atoms with Crippen molar-refractivity contribution in [3.63, 3.8) is 0 Å². The Bertz CT molecular complexity index is 1310. The van der Waals surface area contributed by atoms with Gasteiger partial charge in [-0.3, -0.25) is 0 Å². The number of thioether (sulfide) groups is 1. The first-order chi connectivity index (χ1) is 16.1. The number of benzene rings is 3. The van der Waals surface area contributed by atoms with Gasteiger partial charge in [0.25, 0.3) is 5.22 Å². The zero-order valence-electron chi connectivity index (χ0n) is 18.3. The lowest BCUT2D eigenvalue weighted by Crippen LogP contribution is -2.15. The number of hydrogen-bond donors (Lipinski definition) is 1. The van der Waals surface area contributed by atoms with E-state index in [1.165, 1.54) is 11.8 Å². The van der Waals surface area contributed by atoms with Crippen LogP contribution in [0.4, 0.5) is 0 Å². The number of allylic oxidation sites excluding steroid dienone is 1. The van der Waals surface area contributed by atoms with Crippen molar-refractivity contribution in [1.82, 2.24) is 10.2 Å². The molecule has 33 heavy (non-hydrogen) atoms. The summed E-state index contributed by atoms with van der Waals surface area (Å²) in [4.78, 5) is 0. The molecule has 5 rings (SSSR count). The minimum absolute atomic E-state index is 0.0229. The maximum absolute atomic E-state index is 10.4. The van der Waals surface area contributed by atoms with Crippen LogP contribution in [-0.2, 0) is 12.8 Å². The van der Waals surface area contributed by atoms with Crippen LogP contribution >= 0.6 is 11.8 Å². The molecular weight excluding hydrogens is 432 g/mol. The van der Waals surface area contributed by atoms with E-state index in [1.807, 2.05) is 61.5 Å². The molecule has 1 aromatic heterocycles. The second-order valence-corrected chi connectivity index (χ2v) is 9.08. The molecule has 0 aliphatic carbocycles. The van der Waals surface area contributed by atoms with Gasteiger partial charge in [-0.2, -0.15) is 0 Å². The zero-order chi connectivity index (χ0) is 22.8. The van der Waals surface area contributed by atoms with Crippen LogP contribution in [0.2, 0.25) is 0 Å². The quantitative estimate of drug-likeness (QED) is 0.262. The molecule has 1 atom stereocenters. The summed E-state index contributed by atoms with van der Waals surface area (Å²) < 4.78 is 12.0. The lowest BCUT2D eigenvalue weighted by Gasteiger charge is -2.09. The monoisotopic (exact) mass is 456 g/mol. The smallest absolute Gasteiger partial charge is 0.276 e. The second kappa shape index (κ2) is 9.16. The van der Waals surface area contributed by atoms with E-state index in [0.29, 0.717) is 16.9 Å². The van der Waals surface area contributed by atoms with Gasteiger partial charge in [-0.25, -0.2) is 0 Å². The molecular formula is C27H24N2O3S. The van der Waals surface area contributed by atoms with Gasteiger partial charge in [0.05, 0.1) is 0 Å². The molecule has 0 saturated heterocycles. The maximum atomic E-state index is 10.4. The van der Waals surface area contributed by atoms with Crippen LogP contribution in [0.3, 0.4) is 0 Å². The van der Waals surface area contributed by atoms with Crippen LogP contribution in [0.1, 0.15) is 16.7 Å². The van der Waals surface area contributed by atoms with Crippen LogP contribution in [0.25, 0.3) is 22.6 Å². The lowest BCUT2D eigenvalue weighted by atomic mass is 9.98. The van der Waals surface area contributed by atoms with Crippen molar-refractivity contribution in [2.75, 3.05) is 5.75 Å². The second-order valence-electron chi connectivity index (χ2n) is 8.11. The summed E-state index contributed by atoms with van der Waals surface area (Å²) in [5, 5.41) is 19.3. The fraction of sp³-hybridized carbons (Fsp3) is 0.185. The predicted molar refractivity (Wildman–Crippen MR) is 131 cm³/mol. The SMILES string of the molecule is C=CCc1ccc(O)c(-c2ccc3c(c2)C[C@@H](CSc2nnc(-c4ccccc4C)o2)O3)c1. The van der Waals surface area contributed by atoms with Crippen LogP contribution in [0, 0.1) is 6.92 Å². The van der Waals surface area contributed by atoms with Gasteiger partial charge in [0.2, 0.25) is 5.89 Å². The Kier molecular flexibility index (Phi) is 5.92. The fourth-order valence-electron chi connectivity index (χ4n) is 4.04. The average molecular weight is 457 g/mol. The Labute approximate surface area is 197 Å². The number of aryl methyl sites for hydroxylation is 1. The number of aromatic nitrogens is 2. The number of nitrogens with zero attached hydrogens (tertiary/aromatic N) is 2. The van der Waals surface area contributed by atoms with E-state index in [-0.39, 0.29) is 11.9 Å². The normalized spacial score (nSPS) is 14.6. The first-order valence-corrected chi connectivity index (χ1v) is 11.8. The summed E-state index contributed by atoms with van der Waals surface area (Å²) >= 11 is 1.51. The van der Waals surface area contributed by atoms with E-state index >= 15 is 0 Å². The Hall–Kier alpha value is -3.51. The standard InChI is InChI=1S/C27H24N2O3S/c1-3-6-18-9-11-24(30)23(13-18)19-10-12-25-20(14-19)15-21(31-25)16-33-27-29-28-26(32-27)22-8-5-4-7-17(22)2/h3-5,7-14,21,30H,1,6,15-16H2,2H3/t21-/m0/s1. The lowest BCUT2D eigenvalue weighted by molar-refractivity contribution is 0.259. The van der Waals surface area contributed by atoms with Gasteiger partial charge in [-0.15, -0.1) is 16.8 Å². The molecule has 0 unspecified atom stereocenters. The topological polar surface area (TPSA) is 68.4 Å². The predicted octanol–water partition coefficient (Wildman–Crippen LogP) is 6.24. The fourth-order valence-corrected chi connectivity index (χ4v) is 4.79. The first kappa shape index (κ1) is 21.3. The third-order valence-corrected chi connectivity index (χ3v) is 6.68. The van der Waals surface area contributed by atoms with Crippen LogP contribution in [0.15, 0.2) is 83.0 Å². The highest BCUT2D eigenvalue weighted by atomic mass is 32.2.